The van der Waals surface area contributed by atoms with Crippen LogP contribution in [0.5, 0.6) is 0 Å². The van der Waals surface area contributed by atoms with Crippen LogP contribution >= 0.6 is 0 Å². The summed E-state index contributed by atoms with van der Waals surface area (Å²) in [5.74, 6) is -2.07. The predicted octanol–water partition coefficient (Wildman–Crippen LogP) is 1.47. The summed E-state index contributed by atoms with van der Waals surface area (Å²) in [7, 11) is 2.48. The van der Waals surface area contributed by atoms with Gasteiger partial charge in [0.2, 0.25) is 0 Å². The molecule has 0 radical (unpaired) electrons. The summed E-state index contributed by atoms with van der Waals surface area (Å²) < 4.78 is 9.01. The van der Waals surface area contributed by atoms with Crippen LogP contribution in [0.4, 0.5) is 0 Å². The minimum atomic E-state index is -0.894. The van der Waals surface area contributed by atoms with Crippen molar-refractivity contribution in [3.8, 4) is 0 Å². The van der Waals surface area contributed by atoms with Crippen molar-refractivity contribution < 1.29 is 19.1 Å². The van der Waals surface area contributed by atoms with Crippen LogP contribution in [-0.2, 0) is 19.1 Å². The molecule has 0 aliphatic heterocycles. The first-order valence-electron chi connectivity index (χ1n) is 4.51. The van der Waals surface area contributed by atoms with Gasteiger partial charge < -0.3 is 9.47 Å². The van der Waals surface area contributed by atoms with Crippen LogP contribution in [0.3, 0.4) is 0 Å². The molecule has 0 rings (SSSR count). The molecule has 0 bridgehead atoms. The molecule has 0 N–H and O–H groups in total. The van der Waals surface area contributed by atoms with E-state index in [1.807, 2.05) is 6.92 Å². The van der Waals surface area contributed by atoms with Crippen LogP contribution in [0.25, 0.3) is 0 Å². The van der Waals surface area contributed by atoms with Crippen LogP contribution in [0, 0.1) is 5.92 Å². The van der Waals surface area contributed by atoms with Crippen molar-refractivity contribution in [2.75, 3.05) is 14.2 Å². The van der Waals surface area contributed by atoms with Crippen LogP contribution in [0.2, 0.25) is 0 Å². The number of rotatable bonds is 5. The molecule has 0 spiro atoms. The van der Waals surface area contributed by atoms with E-state index >= 15 is 0 Å². The first-order chi connectivity index (χ1) is 7.06. The van der Waals surface area contributed by atoms with Crippen LogP contribution in [0.1, 0.15) is 13.3 Å². The van der Waals surface area contributed by atoms with Crippen molar-refractivity contribution in [2.45, 2.75) is 13.3 Å². The average Bonchev–Trinajstić information content (AvgIpc) is 2.27. The Hall–Kier alpha value is -1.58. The first-order valence-corrected chi connectivity index (χ1v) is 4.51. The maximum absolute atomic E-state index is 11.2. The van der Waals surface area contributed by atoms with Gasteiger partial charge in [-0.25, -0.2) is 0 Å². The van der Waals surface area contributed by atoms with Gasteiger partial charge in [-0.3, -0.25) is 9.59 Å². The van der Waals surface area contributed by atoms with E-state index in [0.29, 0.717) is 0 Å². The molecule has 0 heterocycles. The van der Waals surface area contributed by atoms with Gasteiger partial charge >= 0.3 is 11.9 Å². The Morgan fingerprint density at radius 3 is 2.07 bits per heavy atom. The zero-order chi connectivity index (χ0) is 11.8. The standard InChI is InChI=1S/C11H16O4/c1-5-8(2)6-7-9(10(12)14-3)11(13)15-4/h5-6,9H,1,7H2,2-4H3/b8-6+. The lowest BCUT2D eigenvalue weighted by Gasteiger charge is -2.09. The number of methoxy groups -OCH3 is 2. The Labute approximate surface area is 89.6 Å². The first kappa shape index (κ1) is 13.4. The van der Waals surface area contributed by atoms with E-state index in [4.69, 9.17) is 0 Å². The van der Waals surface area contributed by atoms with Gasteiger partial charge in [-0.2, -0.15) is 0 Å². The zero-order valence-corrected chi connectivity index (χ0v) is 9.28. The van der Waals surface area contributed by atoms with E-state index in [9.17, 15) is 9.59 Å². The number of carbonyl (C=O) groups excluding carboxylic acids is 2. The molecular formula is C11H16O4. The van der Waals surface area contributed by atoms with Gasteiger partial charge in [-0.15, -0.1) is 0 Å². The lowest BCUT2D eigenvalue weighted by molar-refractivity contribution is -0.158. The van der Waals surface area contributed by atoms with Gasteiger partial charge in [0.25, 0.3) is 0 Å². The molecule has 0 amide bonds. The average molecular weight is 212 g/mol. The summed E-state index contributed by atoms with van der Waals surface area (Å²) in [6.45, 7) is 5.40. The third kappa shape index (κ3) is 4.44. The third-order valence-corrected chi connectivity index (χ3v) is 1.97. The molecule has 0 aliphatic carbocycles. The van der Waals surface area contributed by atoms with Crippen molar-refractivity contribution in [3.63, 3.8) is 0 Å². The molecule has 0 aromatic carbocycles. The molecule has 4 heteroatoms. The van der Waals surface area contributed by atoms with Crippen molar-refractivity contribution >= 4 is 11.9 Å². The Morgan fingerprint density at radius 2 is 1.73 bits per heavy atom. The molecule has 0 aromatic rings. The highest BCUT2D eigenvalue weighted by Crippen LogP contribution is 2.10. The molecule has 0 aromatic heterocycles. The summed E-state index contributed by atoms with van der Waals surface area (Å²) in [6, 6.07) is 0. The normalized spacial score (nSPS) is 11.1. The Kier molecular flexibility index (Phi) is 6.09. The Balaban J connectivity index is 4.59. The fourth-order valence-corrected chi connectivity index (χ4v) is 0.960. The lowest BCUT2D eigenvalue weighted by Crippen LogP contribution is -2.26. The molecule has 15 heavy (non-hydrogen) atoms. The zero-order valence-electron chi connectivity index (χ0n) is 9.28. The summed E-state index contributed by atoms with van der Waals surface area (Å²) in [5, 5.41) is 0. The third-order valence-electron chi connectivity index (χ3n) is 1.97. The number of hydrogen-bond donors (Lipinski definition) is 0. The Bertz CT molecular complexity index is 262. The molecule has 84 valence electrons. The van der Waals surface area contributed by atoms with Crippen molar-refractivity contribution in [2.24, 2.45) is 5.92 Å². The SMILES string of the molecule is C=C/C(C)=C/CC(C(=O)OC)C(=O)OC. The maximum Gasteiger partial charge on any atom is 0.320 e. The molecule has 0 aliphatic rings. The molecular weight excluding hydrogens is 196 g/mol. The minimum absolute atomic E-state index is 0.261. The highest BCUT2D eigenvalue weighted by Gasteiger charge is 2.27. The van der Waals surface area contributed by atoms with Gasteiger partial charge in [0.1, 0.15) is 0 Å². The molecule has 0 atom stereocenters. The Morgan fingerprint density at radius 1 is 1.27 bits per heavy atom. The largest absolute Gasteiger partial charge is 0.468 e. The molecule has 0 fully saturated rings. The summed E-state index contributed by atoms with van der Waals surface area (Å²) >= 11 is 0. The number of hydrogen-bond acceptors (Lipinski definition) is 4. The van der Waals surface area contributed by atoms with E-state index in [2.05, 4.69) is 16.1 Å². The van der Waals surface area contributed by atoms with Gasteiger partial charge in [0, 0.05) is 0 Å². The summed E-state index contributed by atoms with van der Waals surface area (Å²) in [5.41, 5.74) is 0.896. The molecule has 4 nitrogen and oxygen atoms in total. The molecule has 0 saturated heterocycles. The van der Waals surface area contributed by atoms with E-state index in [1.54, 1.807) is 12.2 Å². The number of carbonyl (C=O) groups is 2. The number of esters is 2. The van der Waals surface area contributed by atoms with E-state index in [0.717, 1.165) is 5.57 Å². The molecule has 0 unspecified atom stereocenters. The predicted molar refractivity (Wildman–Crippen MR) is 56.1 cm³/mol. The summed E-state index contributed by atoms with van der Waals surface area (Å²) in [4.78, 5) is 22.5. The van der Waals surface area contributed by atoms with Crippen molar-refractivity contribution in [3.05, 3.63) is 24.3 Å². The van der Waals surface area contributed by atoms with Crippen molar-refractivity contribution in [1.29, 1.82) is 0 Å². The number of allylic oxidation sites excluding steroid dienone is 3. The smallest absolute Gasteiger partial charge is 0.320 e. The van der Waals surface area contributed by atoms with Gasteiger partial charge in [0.15, 0.2) is 5.92 Å². The van der Waals surface area contributed by atoms with Crippen LogP contribution in [-0.4, -0.2) is 26.2 Å². The summed E-state index contributed by atoms with van der Waals surface area (Å²) in [6.07, 6.45) is 3.65. The number of ether oxygens (including phenoxy) is 2. The monoisotopic (exact) mass is 212 g/mol. The topological polar surface area (TPSA) is 52.6 Å². The van der Waals surface area contributed by atoms with Crippen LogP contribution in [0.15, 0.2) is 24.3 Å². The van der Waals surface area contributed by atoms with E-state index in [1.165, 1.54) is 14.2 Å². The maximum atomic E-state index is 11.2. The highest BCUT2D eigenvalue weighted by atomic mass is 16.5. The minimum Gasteiger partial charge on any atom is -0.468 e. The van der Waals surface area contributed by atoms with Crippen molar-refractivity contribution in [1.82, 2.24) is 0 Å². The molecule has 0 saturated carbocycles. The quantitative estimate of drug-likeness (QED) is 0.393. The van der Waals surface area contributed by atoms with Crippen LogP contribution < -0.4 is 0 Å². The second-order valence-corrected chi connectivity index (χ2v) is 2.99. The second kappa shape index (κ2) is 6.81. The second-order valence-electron chi connectivity index (χ2n) is 2.99. The van der Waals surface area contributed by atoms with E-state index in [-0.39, 0.29) is 6.42 Å². The van der Waals surface area contributed by atoms with Gasteiger partial charge in [-0.05, 0) is 13.3 Å². The van der Waals surface area contributed by atoms with Gasteiger partial charge in [0.05, 0.1) is 14.2 Å². The lowest BCUT2D eigenvalue weighted by atomic mass is 10.0. The van der Waals surface area contributed by atoms with E-state index < -0.39 is 17.9 Å². The fraction of sp³-hybridized carbons (Fsp3) is 0.455. The van der Waals surface area contributed by atoms with Gasteiger partial charge in [-0.1, -0.05) is 24.3 Å². The fourth-order valence-electron chi connectivity index (χ4n) is 0.960. The highest BCUT2D eigenvalue weighted by molar-refractivity contribution is 5.94.